The molecule has 9 nitrogen and oxygen atoms in total. The third-order valence-electron chi connectivity index (χ3n) is 8.83. The predicted molar refractivity (Wildman–Crippen MR) is 222 cm³/mol. The summed E-state index contributed by atoms with van der Waals surface area (Å²) in [6.45, 7) is 4.07. The lowest BCUT2D eigenvalue weighted by Crippen LogP contribution is -2.37. The van der Waals surface area contributed by atoms with E-state index in [1.54, 1.807) is 0 Å². The summed E-state index contributed by atoms with van der Waals surface area (Å²) < 4.78 is 33.8. The maximum absolute atomic E-state index is 12.7. The summed E-state index contributed by atoms with van der Waals surface area (Å²) >= 11 is 0. The second-order valence-corrected chi connectivity index (χ2v) is 16.7. The third kappa shape index (κ3) is 39.7. The van der Waals surface area contributed by atoms with Crippen molar-refractivity contribution < 1.29 is 42.1 Å². The summed E-state index contributed by atoms with van der Waals surface area (Å²) in [6.07, 6.45) is 41.3. The molecule has 0 aromatic carbocycles. The minimum Gasteiger partial charge on any atom is -0.756 e. The Morgan fingerprint density at radius 3 is 1.59 bits per heavy atom. The molecule has 0 aliphatic heterocycles. The topological polar surface area (TPSA) is 111 Å². The number of hydrogen-bond donors (Lipinski definition) is 0. The van der Waals surface area contributed by atoms with Gasteiger partial charge in [-0.05, 0) is 70.6 Å². The number of quaternary nitrogens is 1. The van der Waals surface area contributed by atoms with Crippen molar-refractivity contribution in [1.82, 2.24) is 0 Å². The van der Waals surface area contributed by atoms with Gasteiger partial charge in [0.05, 0.1) is 27.7 Å². The van der Waals surface area contributed by atoms with E-state index in [9.17, 15) is 19.0 Å². The molecular formula is C44H80NO8P. The monoisotopic (exact) mass is 782 g/mol. The maximum Gasteiger partial charge on any atom is 0.306 e. The van der Waals surface area contributed by atoms with Crippen LogP contribution in [0.25, 0.3) is 0 Å². The largest absolute Gasteiger partial charge is 0.756 e. The quantitative estimate of drug-likeness (QED) is 0.0200. The molecule has 0 rings (SSSR count). The summed E-state index contributed by atoms with van der Waals surface area (Å²) in [4.78, 5) is 37.5. The van der Waals surface area contributed by atoms with E-state index in [1.165, 1.54) is 51.4 Å². The number of esters is 2. The second kappa shape index (κ2) is 36.6. The number of hydrogen-bond acceptors (Lipinski definition) is 8. The molecule has 0 radical (unpaired) electrons. The Balaban J connectivity index is 4.41. The number of carbonyl (C=O) groups excluding carboxylic acids is 2. The van der Waals surface area contributed by atoms with E-state index >= 15 is 0 Å². The van der Waals surface area contributed by atoms with Crippen LogP contribution in [0.3, 0.4) is 0 Å². The van der Waals surface area contributed by atoms with E-state index in [0.717, 1.165) is 77.0 Å². The van der Waals surface area contributed by atoms with Crippen LogP contribution in [0.15, 0.2) is 48.6 Å². The van der Waals surface area contributed by atoms with Crippen molar-refractivity contribution in [3.8, 4) is 0 Å². The Morgan fingerprint density at radius 1 is 0.593 bits per heavy atom. The highest BCUT2D eigenvalue weighted by Gasteiger charge is 2.21. The molecule has 54 heavy (non-hydrogen) atoms. The van der Waals surface area contributed by atoms with Crippen LogP contribution in [0, 0.1) is 0 Å². The lowest BCUT2D eigenvalue weighted by atomic mass is 10.1. The highest BCUT2D eigenvalue weighted by atomic mass is 31.2. The molecule has 0 N–H and O–H groups in total. The zero-order chi connectivity index (χ0) is 40.0. The first-order valence-corrected chi connectivity index (χ1v) is 22.8. The van der Waals surface area contributed by atoms with E-state index in [-0.39, 0.29) is 26.1 Å². The van der Waals surface area contributed by atoms with Crippen LogP contribution in [0.1, 0.15) is 168 Å². The molecule has 10 heteroatoms. The second-order valence-electron chi connectivity index (χ2n) is 15.3. The van der Waals surface area contributed by atoms with Crippen LogP contribution in [0.2, 0.25) is 0 Å². The van der Waals surface area contributed by atoms with Gasteiger partial charge in [0.25, 0.3) is 7.82 Å². The first-order chi connectivity index (χ1) is 26.0. The van der Waals surface area contributed by atoms with Crippen LogP contribution >= 0.6 is 7.82 Å². The number of carbonyl (C=O) groups is 2. The van der Waals surface area contributed by atoms with Gasteiger partial charge in [-0.1, -0.05) is 133 Å². The summed E-state index contributed by atoms with van der Waals surface area (Å²) in [7, 11) is 1.15. The van der Waals surface area contributed by atoms with Gasteiger partial charge in [-0.15, -0.1) is 0 Å². The molecule has 0 bridgehead atoms. The molecule has 0 spiro atoms. The lowest BCUT2D eigenvalue weighted by Gasteiger charge is -2.28. The molecule has 0 saturated carbocycles. The van der Waals surface area contributed by atoms with Crippen LogP contribution in [0.4, 0.5) is 0 Å². The minimum absolute atomic E-state index is 0.0360. The van der Waals surface area contributed by atoms with Crippen LogP contribution < -0.4 is 4.89 Å². The number of phosphoric ester groups is 1. The fourth-order valence-electron chi connectivity index (χ4n) is 5.49. The lowest BCUT2D eigenvalue weighted by molar-refractivity contribution is -0.870. The first-order valence-electron chi connectivity index (χ1n) is 21.3. The van der Waals surface area contributed by atoms with Gasteiger partial charge in [0.2, 0.25) is 0 Å². The number of rotatable bonds is 38. The zero-order valence-electron chi connectivity index (χ0n) is 35.2. The third-order valence-corrected chi connectivity index (χ3v) is 9.80. The van der Waals surface area contributed by atoms with Crippen molar-refractivity contribution in [2.24, 2.45) is 0 Å². The van der Waals surface area contributed by atoms with E-state index in [4.69, 9.17) is 18.5 Å². The fourth-order valence-corrected chi connectivity index (χ4v) is 6.21. The van der Waals surface area contributed by atoms with Crippen LogP contribution in [0.5, 0.6) is 0 Å². The number of likely N-dealkylation sites (N-methyl/N-ethyl adjacent to an activating group) is 1. The van der Waals surface area contributed by atoms with E-state index < -0.39 is 32.5 Å². The van der Waals surface area contributed by atoms with Gasteiger partial charge in [0.15, 0.2) is 6.10 Å². The smallest absolute Gasteiger partial charge is 0.306 e. The molecule has 0 aromatic rings. The molecular weight excluding hydrogens is 701 g/mol. The Hall–Kier alpha value is -2.03. The average molecular weight is 782 g/mol. The Labute approximate surface area is 331 Å². The van der Waals surface area contributed by atoms with E-state index in [2.05, 4.69) is 62.5 Å². The molecule has 0 aliphatic rings. The molecule has 0 aromatic heterocycles. The highest BCUT2D eigenvalue weighted by molar-refractivity contribution is 7.45. The Morgan fingerprint density at radius 2 is 1.06 bits per heavy atom. The summed E-state index contributed by atoms with van der Waals surface area (Å²) in [5.41, 5.74) is 0. The number of nitrogens with zero attached hydrogens (tertiary/aromatic N) is 1. The molecule has 314 valence electrons. The average Bonchev–Trinajstić information content (AvgIpc) is 3.12. The Bertz CT molecular complexity index is 1070. The van der Waals surface area contributed by atoms with Gasteiger partial charge in [-0.25, -0.2) is 0 Å². The fraction of sp³-hybridized carbons (Fsp3) is 0.773. The molecule has 0 fully saturated rings. The van der Waals surface area contributed by atoms with Crippen molar-refractivity contribution in [1.29, 1.82) is 0 Å². The van der Waals surface area contributed by atoms with Gasteiger partial charge < -0.3 is 27.9 Å². The molecule has 0 amide bonds. The first kappa shape index (κ1) is 52.0. The van der Waals surface area contributed by atoms with Crippen molar-refractivity contribution in [2.75, 3.05) is 47.5 Å². The summed E-state index contributed by atoms with van der Waals surface area (Å²) in [5.74, 6) is -0.862. The minimum atomic E-state index is -4.63. The van der Waals surface area contributed by atoms with Gasteiger partial charge >= 0.3 is 11.9 Å². The standard InChI is InChI=1S/C44H80NO8P/c1-6-8-10-12-14-16-18-20-22-24-26-28-30-32-34-36-43(46)50-40-42(41-52-54(48,49)51-39-38-45(3,4)5)53-44(47)37-35-33-31-29-27-25-23-21-19-17-15-13-11-9-7-2/h8,10,14,16-17,19-20,22,42H,6-7,9,11-13,15,18,21,23-41H2,1-5H3/b10-8+,16-14+,19-17+,22-20+/t42-/m1/s1. The van der Waals surface area contributed by atoms with Crippen molar-refractivity contribution in [3.05, 3.63) is 48.6 Å². The van der Waals surface area contributed by atoms with Gasteiger partial charge in [0.1, 0.15) is 19.8 Å². The maximum atomic E-state index is 12.7. The van der Waals surface area contributed by atoms with Gasteiger partial charge in [0, 0.05) is 12.8 Å². The van der Waals surface area contributed by atoms with Crippen LogP contribution in [-0.4, -0.2) is 70.0 Å². The van der Waals surface area contributed by atoms with Crippen molar-refractivity contribution in [3.63, 3.8) is 0 Å². The zero-order valence-corrected chi connectivity index (χ0v) is 36.0. The molecule has 0 aliphatic carbocycles. The normalized spacial score (nSPS) is 14.1. The summed E-state index contributed by atoms with van der Waals surface area (Å²) in [6, 6.07) is 0. The van der Waals surface area contributed by atoms with E-state index in [0.29, 0.717) is 23.9 Å². The molecule has 1 unspecified atom stereocenters. The number of allylic oxidation sites excluding steroid dienone is 8. The molecule has 0 heterocycles. The van der Waals surface area contributed by atoms with E-state index in [1.807, 2.05) is 21.1 Å². The number of phosphoric acid groups is 1. The predicted octanol–water partition coefficient (Wildman–Crippen LogP) is 11.3. The highest BCUT2D eigenvalue weighted by Crippen LogP contribution is 2.38. The van der Waals surface area contributed by atoms with Gasteiger partial charge in [-0.2, -0.15) is 0 Å². The molecule has 0 saturated heterocycles. The van der Waals surface area contributed by atoms with Crippen molar-refractivity contribution >= 4 is 19.8 Å². The Kier molecular flexibility index (Phi) is 35.2. The summed E-state index contributed by atoms with van der Waals surface area (Å²) in [5, 5.41) is 0. The number of ether oxygens (including phenoxy) is 2. The number of unbranched alkanes of at least 4 members (excludes halogenated alkanes) is 16. The molecule has 2 atom stereocenters. The SMILES string of the molecule is CC/C=C/C/C=C/C/C=C/CCCCCCCC(=O)OC[C@H](COP(=O)([O-])OCC[N+](C)(C)C)OC(=O)CCCCCCCCC/C=C/CCCCCC. The van der Waals surface area contributed by atoms with Crippen molar-refractivity contribution in [2.45, 2.75) is 174 Å². The van der Waals surface area contributed by atoms with Crippen LogP contribution in [-0.2, 0) is 32.7 Å². The van der Waals surface area contributed by atoms with Gasteiger partial charge in [-0.3, -0.25) is 14.2 Å².